The van der Waals surface area contributed by atoms with Gasteiger partial charge in [-0.1, -0.05) is 0 Å². The molecule has 4 nitrogen and oxygen atoms in total. The van der Waals surface area contributed by atoms with Crippen LogP contribution in [0.2, 0.25) is 0 Å². The van der Waals surface area contributed by atoms with Crippen molar-refractivity contribution in [2.75, 3.05) is 0 Å². The fraction of sp³-hybridized carbons (Fsp3) is 0.111. The Kier molecular flexibility index (Phi) is 1.73. The van der Waals surface area contributed by atoms with Crippen molar-refractivity contribution in [1.82, 2.24) is 10.2 Å². The molecule has 13 heavy (non-hydrogen) atoms. The van der Waals surface area contributed by atoms with E-state index in [-0.39, 0.29) is 17.6 Å². The third kappa shape index (κ3) is 1.51. The third-order valence-electron chi connectivity index (χ3n) is 1.79. The first-order chi connectivity index (χ1) is 6.25. The van der Waals surface area contributed by atoms with Gasteiger partial charge in [0.25, 0.3) is 0 Å². The summed E-state index contributed by atoms with van der Waals surface area (Å²) in [6.45, 7) is 0. The van der Waals surface area contributed by atoms with E-state index >= 15 is 0 Å². The zero-order valence-corrected chi connectivity index (χ0v) is 6.73. The normalized spacial score (nSPS) is 14.0. The lowest BCUT2D eigenvalue weighted by Crippen LogP contribution is -2.06. The van der Waals surface area contributed by atoms with Gasteiger partial charge in [0.1, 0.15) is 0 Å². The highest BCUT2D eigenvalue weighted by Gasteiger charge is 2.10. The Morgan fingerprint density at radius 1 is 1.23 bits per heavy atom. The SMILES string of the molecule is O=C1C=Cc2nncc(=O)cc2C1. The van der Waals surface area contributed by atoms with Crippen molar-refractivity contribution in [2.45, 2.75) is 6.42 Å². The van der Waals surface area contributed by atoms with E-state index < -0.39 is 0 Å². The van der Waals surface area contributed by atoms with Crippen LogP contribution in [0.4, 0.5) is 0 Å². The molecular weight excluding hydrogens is 168 g/mol. The molecule has 1 aliphatic carbocycles. The van der Waals surface area contributed by atoms with E-state index in [1.165, 1.54) is 12.1 Å². The molecule has 1 aromatic heterocycles. The van der Waals surface area contributed by atoms with E-state index in [1.54, 1.807) is 6.08 Å². The van der Waals surface area contributed by atoms with E-state index in [0.717, 1.165) is 6.20 Å². The zero-order chi connectivity index (χ0) is 9.26. The van der Waals surface area contributed by atoms with Crippen LogP contribution in [0.5, 0.6) is 0 Å². The van der Waals surface area contributed by atoms with Crippen LogP contribution in [0.3, 0.4) is 0 Å². The van der Waals surface area contributed by atoms with Crippen LogP contribution in [-0.4, -0.2) is 16.0 Å². The summed E-state index contributed by atoms with van der Waals surface area (Å²) in [7, 11) is 0. The van der Waals surface area contributed by atoms with E-state index in [1.807, 2.05) is 0 Å². The van der Waals surface area contributed by atoms with Gasteiger partial charge in [0.2, 0.25) is 0 Å². The molecular formula is C9H6N2O2. The number of aromatic nitrogens is 2. The van der Waals surface area contributed by atoms with Crippen LogP contribution >= 0.6 is 0 Å². The second-order valence-electron chi connectivity index (χ2n) is 2.78. The predicted molar refractivity (Wildman–Crippen MR) is 46.0 cm³/mol. The highest BCUT2D eigenvalue weighted by Crippen LogP contribution is 2.10. The van der Waals surface area contributed by atoms with Gasteiger partial charge in [-0.2, -0.15) is 10.2 Å². The van der Waals surface area contributed by atoms with Gasteiger partial charge < -0.3 is 0 Å². The minimum atomic E-state index is -0.225. The summed E-state index contributed by atoms with van der Waals surface area (Å²) in [5.74, 6) is -0.0140. The molecule has 0 spiro atoms. The Balaban J connectivity index is 2.68. The molecule has 4 heteroatoms. The minimum Gasteiger partial charge on any atom is -0.294 e. The van der Waals surface area contributed by atoms with Crippen LogP contribution < -0.4 is 5.43 Å². The van der Waals surface area contributed by atoms with E-state index in [2.05, 4.69) is 10.2 Å². The fourth-order valence-corrected chi connectivity index (χ4v) is 1.20. The quantitative estimate of drug-likeness (QED) is 0.554. The van der Waals surface area contributed by atoms with Crippen molar-refractivity contribution in [3.8, 4) is 0 Å². The summed E-state index contributed by atoms with van der Waals surface area (Å²) >= 11 is 0. The molecule has 0 atom stereocenters. The van der Waals surface area contributed by atoms with E-state index in [0.29, 0.717) is 11.3 Å². The van der Waals surface area contributed by atoms with Crippen molar-refractivity contribution in [1.29, 1.82) is 0 Å². The number of ketones is 1. The number of nitrogens with zero attached hydrogens (tertiary/aromatic N) is 2. The Bertz CT molecular complexity index is 452. The molecule has 0 saturated carbocycles. The number of fused-ring (bicyclic) bond motifs is 1. The van der Waals surface area contributed by atoms with Gasteiger partial charge in [-0.3, -0.25) is 9.59 Å². The van der Waals surface area contributed by atoms with Crippen LogP contribution in [0.1, 0.15) is 11.3 Å². The lowest BCUT2D eigenvalue weighted by Gasteiger charge is -2.02. The van der Waals surface area contributed by atoms with Gasteiger partial charge in [-0.15, -0.1) is 0 Å². The first kappa shape index (κ1) is 7.79. The standard InChI is InChI=1S/C9H6N2O2/c12-7-1-2-9-6(3-7)4-8(13)5-10-11-9/h1-2,4-5H,3H2. The second-order valence-corrected chi connectivity index (χ2v) is 2.78. The summed E-state index contributed by atoms with van der Waals surface area (Å²) in [5, 5.41) is 7.35. The number of carbonyl (C=O) groups excluding carboxylic acids is 1. The molecule has 1 aliphatic rings. The van der Waals surface area contributed by atoms with Crippen molar-refractivity contribution in [3.63, 3.8) is 0 Å². The molecule has 0 unspecified atom stereocenters. The van der Waals surface area contributed by atoms with Crippen LogP contribution in [-0.2, 0) is 11.2 Å². The van der Waals surface area contributed by atoms with Crippen LogP contribution in [0.15, 0.2) is 23.1 Å². The molecule has 2 rings (SSSR count). The van der Waals surface area contributed by atoms with Crippen molar-refractivity contribution in [2.24, 2.45) is 0 Å². The first-order valence-electron chi connectivity index (χ1n) is 3.82. The van der Waals surface area contributed by atoms with Gasteiger partial charge >= 0.3 is 0 Å². The lowest BCUT2D eigenvalue weighted by molar-refractivity contribution is -0.114. The van der Waals surface area contributed by atoms with Gasteiger partial charge in [-0.05, 0) is 23.8 Å². The monoisotopic (exact) mass is 174 g/mol. The smallest absolute Gasteiger partial charge is 0.199 e. The average molecular weight is 174 g/mol. The van der Waals surface area contributed by atoms with E-state index in [9.17, 15) is 9.59 Å². The van der Waals surface area contributed by atoms with Gasteiger partial charge in [0.15, 0.2) is 11.2 Å². The van der Waals surface area contributed by atoms with Gasteiger partial charge in [0, 0.05) is 6.42 Å². The number of carbonyl (C=O) groups is 1. The van der Waals surface area contributed by atoms with Gasteiger partial charge in [0.05, 0.1) is 11.9 Å². The summed E-state index contributed by atoms with van der Waals surface area (Å²) in [4.78, 5) is 22.0. The second kappa shape index (κ2) is 2.90. The molecule has 0 aromatic carbocycles. The van der Waals surface area contributed by atoms with E-state index in [4.69, 9.17) is 0 Å². The molecule has 64 valence electrons. The maximum Gasteiger partial charge on any atom is 0.199 e. The molecule has 0 radical (unpaired) electrons. The van der Waals surface area contributed by atoms with Crippen molar-refractivity contribution < 1.29 is 4.79 Å². The molecule has 0 saturated heterocycles. The number of hydrogen-bond donors (Lipinski definition) is 0. The molecule has 0 amide bonds. The largest absolute Gasteiger partial charge is 0.294 e. The summed E-state index contributed by atoms with van der Waals surface area (Å²) in [6, 6.07) is 1.40. The molecule has 0 aliphatic heterocycles. The molecule has 0 N–H and O–H groups in total. The Morgan fingerprint density at radius 2 is 2.08 bits per heavy atom. The topological polar surface area (TPSA) is 59.9 Å². The molecule has 0 bridgehead atoms. The lowest BCUT2D eigenvalue weighted by atomic mass is 10.0. The van der Waals surface area contributed by atoms with Crippen molar-refractivity contribution >= 4 is 11.9 Å². The number of hydrogen-bond acceptors (Lipinski definition) is 4. The predicted octanol–water partition coefficient (Wildman–Crippen LogP) is -0.0248. The maximum atomic E-state index is 11.0. The Morgan fingerprint density at radius 3 is 2.92 bits per heavy atom. The Hall–Kier alpha value is -1.84. The van der Waals surface area contributed by atoms with Crippen molar-refractivity contribution in [3.05, 3.63) is 39.8 Å². The average Bonchev–Trinajstić information content (AvgIpc) is 2.25. The van der Waals surface area contributed by atoms with Gasteiger partial charge in [-0.25, -0.2) is 0 Å². The highest BCUT2D eigenvalue weighted by molar-refractivity contribution is 5.97. The molecule has 0 fully saturated rings. The molecule has 1 heterocycles. The summed E-state index contributed by atoms with van der Waals surface area (Å²) in [6.07, 6.45) is 4.40. The fourth-order valence-electron chi connectivity index (χ4n) is 1.20. The highest BCUT2D eigenvalue weighted by atomic mass is 16.1. The number of allylic oxidation sites excluding steroid dienone is 1. The van der Waals surface area contributed by atoms with Crippen LogP contribution in [0, 0.1) is 0 Å². The molecule has 1 aromatic rings. The Labute approximate surface area is 73.9 Å². The minimum absolute atomic E-state index is 0.0140. The first-order valence-corrected chi connectivity index (χ1v) is 3.82. The summed E-state index contributed by atoms with van der Waals surface area (Å²) < 4.78 is 0. The zero-order valence-electron chi connectivity index (χ0n) is 6.73. The summed E-state index contributed by atoms with van der Waals surface area (Å²) in [5.41, 5.74) is 1.02. The van der Waals surface area contributed by atoms with Crippen LogP contribution in [0.25, 0.3) is 6.08 Å². The number of rotatable bonds is 0. The third-order valence-corrected chi connectivity index (χ3v) is 1.79. The maximum absolute atomic E-state index is 11.0.